The fourth-order valence-electron chi connectivity index (χ4n) is 1.28. The SMILES string of the molecule is O=C(Oc1ccccc1)c1ccccc1Cl. The number of ether oxygens (including phenoxy) is 1. The van der Waals surface area contributed by atoms with Gasteiger partial charge in [-0.05, 0) is 24.3 Å². The Labute approximate surface area is 98.4 Å². The molecular formula is C13H9ClO2. The van der Waals surface area contributed by atoms with Gasteiger partial charge in [0.1, 0.15) is 5.75 Å². The molecule has 80 valence electrons. The number of halogens is 1. The van der Waals surface area contributed by atoms with Gasteiger partial charge in [0.05, 0.1) is 10.6 Å². The largest absolute Gasteiger partial charge is 0.423 e. The normalized spacial score (nSPS) is 9.81. The maximum absolute atomic E-state index is 11.7. The van der Waals surface area contributed by atoms with Crippen molar-refractivity contribution in [1.82, 2.24) is 0 Å². The minimum Gasteiger partial charge on any atom is -0.423 e. The predicted octanol–water partition coefficient (Wildman–Crippen LogP) is 3.56. The maximum atomic E-state index is 11.7. The van der Waals surface area contributed by atoms with E-state index in [9.17, 15) is 4.79 Å². The van der Waals surface area contributed by atoms with Gasteiger partial charge < -0.3 is 4.74 Å². The van der Waals surface area contributed by atoms with Crippen molar-refractivity contribution in [3.63, 3.8) is 0 Å². The van der Waals surface area contributed by atoms with Crippen molar-refractivity contribution < 1.29 is 9.53 Å². The topological polar surface area (TPSA) is 26.3 Å². The molecule has 0 aliphatic heterocycles. The number of esters is 1. The predicted molar refractivity (Wildman–Crippen MR) is 62.9 cm³/mol. The highest BCUT2D eigenvalue weighted by Crippen LogP contribution is 2.18. The monoisotopic (exact) mass is 232 g/mol. The minimum atomic E-state index is -0.447. The number of carbonyl (C=O) groups is 1. The minimum absolute atomic E-state index is 0.369. The second-order valence-electron chi connectivity index (χ2n) is 3.18. The van der Waals surface area contributed by atoms with Crippen LogP contribution in [0.25, 0.3) is 0 Å². The summed E-state index contributed by atoms with van der Waals surface area (Å²) in [7, 11) is 0. The number of hydrogen-bond donors (Lipinski definition) is 0. The fraction of sp³-hybridized carbons (Fsp3) is 0. The second kappa shape index (κ2) is 4.81. The highest BCUT2D eigenvalue weighted by atomic mass is 35.5. The van der Waals surface area contributed by atoms with Crippen LogP contribution in [0.1, 0.15) is 10.4 Å². The van der Waals surface area contributed by atoms with Crippen LogP contribution in [-0.4, -0.2) is 5.97 Å². The van der Waals surface area contributed by atoms with Crippen LogP contribution < -0.4 is 4.74 Å². The lowest BCUT2D eigenvalue weighted by molar-refractivity contribution is 0.0735. The Balaban J connectivity index is 2.19. The Hall–Kier alpha value is -1.80. The first-order valence-electron chi connectivity index (χ1n) is 4.79. The average Bonchev–Trinajstić information content (AvgIpc) is 2.31. The first-order chi connectivity index (χ1) is 7.77. The molecule has 0 aliphatic carbocycles. The summed E-state index contributed by atoms with van der Waals surface area (Å²) in [4.78, 5) is 11.7. The summed E-state index contributed by atoms with van der Waals surface area (Å²) in [5, 5.41) is 0.392. The lowest BCUT2D eigenvalue weighted by atomic mass is 10.2. The van der Waals surface area contributed by atoms with Crippen LogP contribution in [0.2, 0.25) is 5.02 Å². The van der Waals surface area contributed by atoms with E-state index in [1.165, 1.54) is 0 Å². The molecule has 3 heteroatoms. The molecule has 2 aromatic carbocycles. The summed E-state index contributed by atoms with van der Waals surface area (Å²) in [6.45, 7) is 0. The van der Waals surface area contributed by atoms with Crippen LogP contribution in [0.4, 0.5) is 0 Å². The van der Waals surface area contributed by atoms with E-state index in [1.807, 2.05) is 6.07 Å². The second-order valence-corrected chi connectivity index (χ2v) is 3.59. The summed E-state index contributed by atoms with van der Waals surface area (Å²) in [6, 6.07) is 15.7. The van der Waals surface area contributed by atoms with E-state index < -0.39 is 5.97 Å². The Morgan fingerprint density at radius 1 is 0.938 bits per heavy atom. The molecule has 2 nitrogen and oxygen atoms in total. The van der Waals surface area contributed by atoms with E-state index in [4.69, 9.17) is 16.3 Å². The van der Waals surface area contributed by atoms with Crippen molar-refractivity contribution >= 4 is 17.6 Å². The van der Waals surface area contributed by atoms with Gasteiger partial charge in [-0.25, -0.2) is 4.79 Å². The Bertz CT molecular complexity index is 494. The van der Waals surface area contributed by atoms with Crippen molar-refractivity contribution in [2.75, 3.05) is 0 Å². The van der Waals surface area contributed by atoms with Crippen molar-refractivity contribution in [2.45, 2.75) is 0 Å². The van der Waals surface area contributed by atoms with Crippen LogP contribution in [0, 0.1) is 0 Å². The lowest BCUT2D eigenvalue weighted by Gasteiger charge is -2.04. The smallest absolute Gasteiger partial charge is 0.345 e. The fourth-order valence-corrected chi connectivity index (χ4v) is 1.49. The summed E-state index contributed by atoms with van der Waals surface area (Å²) < 4.78 is 5.16. The van der Waals surface area contributed by atoms with E-state index in [0.29, 0.717) is 16.3 Å². The van der Waals surface area contributed by atoms with Crippen molar-refractivity contribution in [1.29, 1.82) is 0 Å². The molecule has 0 spiro atoms. The molecule has 2 rings (SSSR count). The lowest BCUT2D eigenvalue weighted by Crippen LogP contribution is -2.08. The number of benzene rings is 2. The molecule has 0 saturated carbocycles. The molecule has 0 heterocycles. The van der Waals surface area contributed by atoms with E-state index in [-0.39, 0.29) is 0 Å². The van der Waals surface area contributed by atoms with Gasteiger partial charge in [-0.2, -0.15) is 0 Å². The van der Waals surface area contributed by atoms with E-state index in [0.717, 1.165) is 0 Å². The number of para-hydroxylation sites is 1. The Morgan fingerprint density at radius 2 is 1.56 bits per heavy atom. The Kier molecular flexibility index (Phi) is 3.22. The Morgan fingerprint density at radius 3 is 2.25 bits per heavy atom. The average molecular weight is 233 g/mol. The molecule has 0 atom stereocenters. The van der Waals surface area contributed by atoms with Gasteiger partial charge in [0.25, 0.3) is 0 Å². The van der Waals surface area contributed by atoms with Gasteiger partial charge in [-0.3, -0.25) is 0 Å². The molecule has 0 aliphatic rings. The molecule has 0 amide bonds. The van der Waals surface area contributed by atoms with E-state index in [1.54, 1.807) is 48.5 Å². The molecule has 2 aromatic rings. The zero-order chi connectivity index (χ0) is 11.4. The third-order valence-corrected chi connectivity index (χ3v) is 2.38. The van der Waals surface area contributed by atoms with Gasteiger partial charge in [0.2, 0.25) is 0 Å². The summed E-state index contributed by atoms with van der Waals surface area (Å²) >= 11 is 5.88. The highest BCUT2D eigenvalue weighted by Gasteiger charge is 2.11. The molecule has 0 saturated heterocycles. The molecule has 0 radical (unpaired) electrons. The first-order valence-corrected chi connectivity index (χ1v) is 5.17. The summed E-state index contributed by atoms with van der Waals surface area (Å²) in [6.07, 6.45) is 0. The number of hydrogen-bond acceptors (Lipinski definition) is 2. The third kappa shape index (κ3) is 2.41. The molecule has 0 unspecified atom stereocenters. The number of rotatable bonds is 2. The highest BCUT2D eigenvalue weighted by molar-refractivity contribution is 6.33. The van der Waals surface area contributed by atoms with Gasteiger partial charge in [0, 0.05) is 0 Å². The van der Waals surface area contributed by atoms with E-state index in [2.05, 4.69) is 0 Å². The van der Waals surface area contributed by atoms with E-state index >= 15 is 0 Å². The van der Waals surface area contributed by atoms with Crippen molar-refractivity contribution in [3.8, 4) is 5.75 Å². The maximum Gasteiger partial charge on any atom is 0.345 e. The summed E-state index contributed by atoms with van der Waals surface area (Å²) in [5.74, 6) is 0.0595. The van der Waals surface area contributed by atoms with Gasteiger partial charge in [-0.1, -0.05) is 41.9 Å². The molecule has 16 heavy (non-hydrogen) atoms. The van der Waals surface area contributed by atoms with Crippen LogP contribution in [0.15, 0.2) is 54.6 Å². The molecule has 0 bridgehead atoms. The molecule has 0 fully saturated rings. The zero-order valence-electron chi connectivity index (χ0n) is 8.39. The number of carbonyl (C=O) groups excluding carboxylic acids is 1. The zero-order valence-corrected chi connectivity index (χ0v) is 9.15. The quantitative estimate of drug-likeness (QED) is 0.585. The first kappa shape index (κ1) is 10.7. The van der Waals surface area contributed by atoms with Crippen LogP contribution in [-0.2, 0) is 0 Å². The third-order valence-electron chi connectivity index (χ3n) is 2.05. The molecule has 0 aromatic heterocycles. The molecular weight excluding hydrogens is 224 g/mol. The van der Waals surface area contributed by atoms with Gasteiger partial charge in [-0.15, -0.1) is 0 Å². The standard InChI is InChI=1S/C13H9ClO2/c14-12-9-5-4-8-11(12)13(15)16-10-6-2-1-3-7-10/h1-9H. The van der Waals surface area contributed by atoms with Crippen LogP contribution >= 0.6 is 11.6 Å². The summed E-state index contributed by atoms with van der Waals surface area (Å²) in [5.41, 5.74) is 0.369. The van der Waals surface area contributed by atoms with Gasteiger partial charge in [0.15, 0.2) is 0 Å². The molecule has 0 N–H and O–H groups in total. The van der Waals surface area contributed by atoms with Crippen LogP contribution in [0.5, 0.6) is 5.75 Å². The van der Waals surface area contributed by atoms with Crippen molar-refractivity contribution in [3.05, 3.63) is 65.2 Å². The van der Waals surface area contributed by atoms with Crippen LogP contribution in [0.3, 0.4) is 0 Å². The van der Waals surface area contributed by atoms with Gasteiger partial charge >= 0.3 is 5.97 Å². The van der Waals surface area contributed by atoms with Crippen molar-refractivity contribution in [2.24, 2.45) is 0 Å².